The Balaban J connectivity index is 2.37. The molecule has 2 rings (SSSR count). The minimum atomic E-state index is -0.520. The van der Waals surface area contributed by atoms with Crippen molar-refractivity contribution in [3.05, 3.63) is 50.7 Å². The highest BCUT2D eigenvalue weighted by molar-refractivity contribution is 9.10. The predicted molar refractivity (Wildman–Crippen MR) is 63.8 cm³/mol. The predicted octanol–water partition coefficient (Wildman–Crippen LogP) is 2.77. The quantitative estimate of drug-likeness (QED) is 0.927. The van der Waals surface area contributed by atoms with Crippen molar-refractivity contribution < 1.29 is 9.13 Å². The molecular weight excluding hydrogens is 291 g/mol. The maximum Gasteiger partial charge on any atom is 0.254 e. The summed E-state index contributed by atoms with van der Waals surface area (Å²) in [6.45, 7) is 1.62. The number of hydrogen-bond acceptors (Lipinski definition) is 3. The molecule has 88 valence electrons. The van der Waals surface area contributed by atoms with E-state index in [9.17, 15) is 9.18 Å². The Labute approximate surface area is 105 Å². The summed E-state index contributed by atoms with van der Waals surface area (Å²) < 4.78 is 19.3. The maximum atomic E-state index is 13.4. The number of rotatable bonds is 2. The average Bonchev–Trinajstić information content (AvgIpc) is 2.22. The number of aryl methyl sites for hydroxylation is 1. The molecule has 0 bridgehead atoms. The van der Waals surface area contributed by atoms with Crippen LogP contribution in [0.25, 0.3) is 0 Å². The topological polar surface area (TPSA) is 55.0 Å². The van der Waals surface area contributed by atoms with E-state index in [2.05, 4.69) is 25.9 Å². The number of hydrogen-bond donors (Lipinski definition) is 1. The molecule has 1 aromatic carbocycles. The van der Waals surface area contributed by atoms with Crippen molar-refractivity contribution in [3.8, 4) is 11.6 Å². The van der Waals surface area contributed by atoms with Crippen LogP contribution in [0.15, 0.2) is 33.5 Å². The molecule has 0 saturated carbocycles. The van der Waals surface area contributed by atoms with Crippen molar-refractivity contribution in [2.75, 3.05) is 0 Å². The van der Waals surface area contributed by atoms with E-state index in [1.54, 1.807) is 13.0 Å². The summed E-state index contributed by atoms with van der Waals surface area (Å²) in [5.41, 5.74) is -0.345. The first-order valence-corrected chi connectivity index (χ1v) is 5.55. The van der Waals surface area contributed by atoms with Gasteiger partial charge in [-0.3, -0.25) is 4.79 Å². The minimum absolute atomic E-state index is 0.0110. The standard InChI is InChI=1S/C11H8BrFN2O2/c1-6-14-10(16)5-11(15-6)17-9-4-7(12)2-3-8(9)13/h2-5H,1H3,(H,14,15,16). The van der Waals surface area contributed by atoms with Gasteiger partial charge in [0.05, 0.1) is 6.07 Å². The zero-order chi connectivity index (χ0) is 12.4. The molecule has 0 fully saturated rings. The van der Waals surface area contributed by atoms with Gasteiger partial charge in [-0.25, -0.2) is 9.37 Å². The van der Waals surface area contributed by atoms with Gasteiger partial charge in [0, 0.05) is 4.47 Å². The van der Waals surface area contributed by atoms with Crippen LogP contribution < -0.4 is 10.3 Å². The second kappa shape index (κ2) is 4.67. The van der Waals surface area contributed by atoms with Crippen molar-refractivity contribution in [1.82, 2.24) is 9.97 Å². The van der Waals surface area contributed by atoms with Crippen LogP contribution in [0.5, 0.6) is 11.6 Å². The van der Waals surface area contributed by atoms with Gasteiger partial charge < -0.3 is 9.72 Å². The van der Waals surface area contributed by atoms with E-state index >= 15 is 0 Å². The molecule has 0 unspecified atom stereocenters. The third-order valence-corrected chi connectivity index (χ3v) is 2.44. The Bertz CT molecular complexity index is 613. The summed E-state index contributed by atoms with van der Waals surface area (Å²) in [7, 11) is 0. The summed E-state index contributed by atoms with van der Waals surface area (Å²) >= 11 is 3.20. The summed E-state index contributed by atoms with van der Waals surface area (Å²) in [4.78, 5) is 17.6. The van der Waals surface area contributed by atoms with E-state index in [4.69, 9.17) is 4.74 Å². The second-order valence-electron chi connectivity index (χ2n) is 3.35. The smallest absolute Gasteiger partial charge is 0.254 e. The molecule has 0 atom stereocenters. The summed E-state index contributed by atoms with van der Waals surface area (Å²) in [5, 5.41) is 0. The second-order valence-corrected chi connectivity index (χ2v) is 4.26. The summed E-state index contributed by atoms with van der Waals surface area (Å²) in [6.07, 6.45) is 0. The number of nitrogens with zero attached hydrogens (tertiary/aromatic N) is 1. The lowest BCUT2D eigenvalue weighted by Crippen LogP contribution is -2.08. The van der Waals surface area contributed by atoms with Crippen LogP contribution in [0.1, 0.15) is 5.82 Å². The van der Waals surface area contributed by atoms with Gasteiger partial charge in [-0.2, -0.15) is 0 Å². The number of nitrogens with one attached hydrogen (secondary N) is 1. The van der Waals surface area contributed by atoms with Crippen LogP contribution in [0, 0.1) is 12.7 Å². The van der Waals surface area contributed by atoms with Gasteiger partial charge in [0.2, 0.25) is 5.88 Å². The molecule has 4 nitrogen and oxygen atoms in total. The third kappa shape index (κ3) is 2.91. The van der Waals surface area contributed by atoms with Gasteiger partial charge in [0.15, 0.2) is 11.6 Å². The molecule has 1 aromatic heterocycles. The first kappa shape index (κ1) is 11.8. The van der Waals surface area contributed by atoms with E-state index in [1.807, 2.05) is 0 Å². The lowest BCUT2D eigenvalue weighted by molar-refractivity contribution is 0.424. The SMILES string of the molecule is Cc1nc(Oc2cc(Br)ccc2F)cc(=O)[nH]1. The highest BCUT2D eigenvalue weighted by atomic mass is 79.9. The molecule has 0 radical (unpaired) electrons. The van der Waals surface area contributed by atoms with Crippen molar-refractivity contribution in [3.63, 3.8) is 0 Å². The fourth-order valence-electron chi connectivity index (χ4n) is 1.27. The monoisotopic (exact) mass is 298 g/mol. The van der Waals surface area contributed by atoms with Gasteiger partial charge in [-0.1, -0.05) is 15.9 Å². The average molecular weight is 299 g/mol. The number of ether oxygens (including phenoxy) is 1. The zero-order valence-electron chi connectivity index (χ0n) is 8.83. The highest BCUT2D eigenvalue weighted by Gasteiger charge is 2.07. The highest BCUT2D eigenvalue weighted by Crippen LogP contribution is 2.25. The Morgan fingerprint density at radius 2 is 2.18 bits per heavy atom. The van der Waals surface area contributed by atoms with E-state index < -0.39 is 5.82 Å². The van der Waals surface area contributed by atoms with Crippen molar-refractivity contribution in [2.24, 2.45) is 0 Å². The van der Waals surface area contributed by atoms with Gasteiger partial charge in [0.1, 0.15) is 5.82 Å². The number of halogens is 2. The van der Waals surface area contributed by atoms with Crippen LogP contribution >= 0.6 is 15.9 Å². The molecule has 0 saturated heterocycles. The fraction of sp³-hybridized carbons (Fsp3) is 0.0909. The van der Waals surface area contributed by atoms with E-state index in [0.717, 1.165) is 6.07 Å². The fourth-order valence-corrected chi connectivity index (χ4v) is 1.61. The Kier molecular flexibility index (Phi) is 3.23. The lowest BCUT2D eigenvalue weighted by atomic mass is 10.3. The van der Waals surface area contributed by atoms with Gasteiger partial charge >= 0.3 is 0 Å². The summed E-state index contributed by atoms with van der Waals surface area (Å²) in [5.74, 6) is -0.0454. The molecule has 0 spiro atoms. The van der Waals surface area contributed by atoms with Gasteiger partial charge in [-0.05, 0) is 25.1 Å². The molecule has 1 N–H and O–H groups in total. The first-order valence-electron chi connectivity index (χ1n) is 4.75. The lowest BCUT2D eigenvalue weighted by Gasteiger charge is -2.06. The molecule has 17 heavy (non-hydrogen) atoms. The molecule has 0 aliphatic carbocycles. The normalized spacial score (nSPS) is 10.3. The van der Waals surface area contributed by atoms with Crippen LogP contribution in [-0.2, 0) is 0 Å². The summed E-state index contributed by atoms with van der Waals surface area (Å²) in [6, 6.07) is 5.44. The maximum absolute atomic E-state index is 13.4. The Morgan fingerprint density at radius 1 is 1.41 bits per heavy atom. The van der Waals surface area contributed by atoms with Gasteiger partial charge in [-0.15, -0.1) is 0 Å². The third-order valence-electron chi connectivity index (χ3n) is 1.94. The van der Waals surface area contributed by atoms with Crippen LogP contribution in [-0.4, -0.2) is 9.97 Å². The molecule has 2 aromatic rings. The number of aromatic nitrogens is 2. The van der Waals surface area contributed by atoms with E-state index in [-0.39, 0.29) is 17.2 Å². The number of aromatic amines is 1. The largest absolute Gasteiger partial charge is 0.436 e. The molecular formula is C11H8BrFN2O2. The van der Waals surface area contributed by atoms with Crippen molar-refractivity contribution in [2.45, 2.75) is 6.92 Å². The van der Waals surface area contributed by atoms with Crippen LogP contribution in [0.3, 0.4) is 0 Å². The van der Waals surface area contributed by atoms with Crippen molar-refractivity contribution in [1.29, 1.82) is 0 Å². The van der Waals surface area contributed by atoms with Crippen LogP contribution in [0.2, 0.25) is 0 Å². The number of benzene rings is 1. The Morgan fingerprint density at radius 3 is 2.88 bits per heavy atom. The molecule has 0 amide bonds. The molecule has 1 heterocycles. The van der Waals surface area contributed by atoms with Crippen LogP contribution in [0.4, 0.5) is 4.39 Å². The van der Waals surface area contributed by atoms with E-state index in [1.165, 1.54) is 12.1 Å². The molecule has 0 aliphatic rings. The first-order chi connectivity index (χ1) is 8.04. The molecule has 6 heteroatoms. The molecule has 0 aliphatic heterocycles. The minimum Gasteiger partial charge on any atom is -0.436 e. The van der Waals surface area contributed by atoms with Crippen molar-refractivity contribution >= 4 is 15.9 Å². The zero-order valence-corrected chi connectivity index (χ0v) is 10.4. The number of H-pyrrole nitrogens is 1. The van der Waals surface area contributed by atoms with E-state index in [0.29, 0.717) is 10.3 Å². The van der Waals surface area contributed by atoms with Gasteiger partial charge in [0.25, 0.3) is 5.56 Å². The Hall–Kier alpha value is -1.69.